The zero-order valence-corrected chi connectivity index (χ0v) is 9.86. The Kier molecular flexibility index (Phi) is 2.74. The summed E-state index contributed by atoms with van der Waals surface area (Å²) in [6.07, 6.45) is 6.37. The highest BCUT2D eigenvalue weighted by molar-refractivity contribution is 5.81. The van der Waals surface area contributed by atoms with Gasteiger partial charge in [-0.2, -0.15) is 5.10 Å². The van der Waals surface area contributed by atoms with Crippen LogP contribution in [0.4, 0.5) is 0 Å². The molecule has 1 fully saturated rings. The molecule has 0 atom stereocenters. The van der Waals surface area contributed by atoms with Gasteiger partial charge in [0.15, 0.2) is 0 Å². The Morgan fingerprint density at radius 1 is 1.44 bits per heavy atom. The summed E-state index contributed by atoms with van der Waals surface area (Å²) in [5.74, 6) is -0.695. The van der Waals surface area contributed by atoms with Gasteiger partial charge in [-0.1, -0.05) is 19.3 Å². The van der Waals surface area contributed by atoms with Crippen molar-refractivity contribution in [2.45, 2.75) is 44.4 Å². The van der Waals surface area contributed by atoms with Gasteiger partial charge in [0.2, 0.25) is 0 Å². The molecule has 4 nitrogen and oxygen atoms in total. The van der Waals surface area contributed by atoms with Crippen molar-refractivity contribution in [2.24, 2.45) is 7.05 Å². The first-order chi connectivity index (χ1) is 7.58. The molecule has 0 aliphatic heterocycles. The van der Waals surface area contributed by atoms with Crippen LogP contribution in [0.2, 0.25) is 0 Å². The molecule has 0 spiro atoms. The van der Waals surface area contributed by atoms with Gasteiger partial charge in [0.25, 0.3) is 0 Å². The maximum atomic E-state index is 11.6. The second-order valence-electron chi connectivity index (χ2n) is 4.75. The number of aromatic nitrogens is 2. The smallest absolute Gasteiger partial charge is 0.315 e. The molecule has 1 aromatic heterocycles. The lowest BCUT2D eigenvalue weighted by Crippen LogP contribution is -2.40. The Hall–Kier alpha value is -1.32. The van der Waals surface area contributed by atoms with Crippen LogP contribution in [0.3, 0.4) is 0 Å². The number of aliphatic carboxylic acids is 1. The minimum atomic E-state index is -0.701. The quantitative estimate of drug-likeness (QED) is 0.832. The molecular weight excluding hydrogens is 204 g/mol. The maximum Gasteiger partial charge on any atom is 0.315 e. The summed E-state index contributed by atoms with van der Waals surface area (Å²) in [5, 5.41) is 13.7. The van der Waals surface area contributed by atoms with Crippen LogP contribution in [-0.4, -0.2) is 20.9 Å². The fourth-order valence-electron chi connectivity index (χ4n) is 2.94. The van der Waals surface area contributed by atoms with Gasteiger partial charge in [-0.25, -0.2) is 0 Å². The molecule has 0 bridgehead atoms. The molecule has 0 aromatic carbocycles. The molecule has 16 heavy (non-hydrogen) atoms. The van der Waals surface area contributed by atoms with Crippen molar-refractivity contribution in [1.82, 2.24) is 9.78 Å². The molecule has 1 aliphatic rings. The van der Waals surface area contributed by atoms with E-state index < -0.39 is 11.4 Å². The van der Waals surface area contributed by atoms with Crippen molar-refractivity contribution >= 4 is 5.97 Å². The second kappa shape index (κ2) is 3.92. The van der Waals surface area contributed by atoms with Crippen LogP contribution >= 0.6 is 0 Å². The molecular formula is C12H18N2O2. The minimum Gasteiger partial charge on any atom is -0.481 e. The second-order valence-corrected chi connectivity index (χ2v) is 4.75. The number of nitrogens with zero attached hydrogens (tertiary/aromatic N) is 2. The third-order valence-electron chi connectivity index (χ3n) is 3.69. The average Bonchev–Trinajstić information content (AvgIpc) is 2.60. The molecule has 0 amide bonds. The van der Waals surface area contributed by atoms with Crippen LogP contribution in [-0.2, 0) is 17.3 Å². The van der Waals surface area contributed by atoms with Gasteiger partial charge < -0.3 is 5.11 Å². The van der Waals surface area contributed by atoms with Gasteiger partial charge in [0, 0.05) is 7.05 Å². The Labute approximate surface area is 95.3 Å². The summed E-state index contributed by atoms with van der Waals surface area (Å²) in [4.78, 5) is 11.6. The van der Waals surface area contributed by atoms with E-state index >= 15 is 0 Å². The lowest BCUT2D eigenvalue weighted by molar-refractivity contribution is -0.145. The van der Waals surface area contributed by atoms with E-state index in [2.05, 4.69) is 5.10 Å². The van der Waals surface area contributed by atoms with Gasteiger partial charge in [-0.05, 0) is 25.3 Å². The summed E-state index contributed by atoms with van der Waals surface area (Å²) >= 11 is 0. The summed E-state index contributed by atoms with van der Waals surface area (Å²) in [6.45, 7) is 1.95. The number of carboxylic acids is 1. The highest BCUT2D eigenvalue weighted by atomic mass is 16.4. The first kappa shape index (κ1) is 11.2. The van der Waals surface area contributed by atoms with Crippen LogP contribution in [0, 0.1) is 6.92 Å². The summed E-state index contributed by atoms with van der Waals surface area (Å²) < 4.78 is 1.73. The van der Waals surface area contributed by atoms with Crippen LogP contribution in [0.25, 0.3) is 0 Å². The molecule has 0 saturated heterocycles. The number of aryl methyl sites for hydroxylation is 2. The van der Waals surface area contributed by atoms with E-state index in [1.807, 2.05) is 14.0 Å². The molecule has 88 valence electrons. The van der Waals surface area contributed by atoms with Crippen LogP contribution in [0.15, 0.2) is 6.20 Å². The zero-order chi connectivity index (χ0) is 11.8. The Morgan fingerprint density at radius 2 is 2.06 bits per heavy atom. The molecule has 1 heterocycles. The maximum absolute atomic E-state index is 11.6. The lowest BCUT2D eigenvalue weighted by atomic mass is 9.71. The number of hydrogen-bond acceptors (Lipinski definition) is 2. The average molecular weight is 222 g/mol. The summed E-state index contributed by atoms with van der Waals surface area (Å²) in [7, 11) is 1.83. The highest BCUT2D eigenvalue weighted by Crippen LogP contribution is 2.40. The molecule has 2 rings (SSSR count). The van der Waals surface area contributed by atoms with Crippen LogP contribution in [0.1, 0.15) is 43.4 Å². The van der Waals surface area contributed by atoms with Crippen LogP contribution < -0.4 is 0 Å². The zero-order valence-electron chi connectivity index (χ0n) is 9.86. The molecule has 1 N–H and O–H groups in total. The molecule has 1 aliphatic carbocycles. The fraction of sp³-hybridized carbons (Fsp3) is 0.667. The fourth-order valence-corrected chi connectivity index (χ4v) is 2.94. The molecule has 0 radical (unpaired) electrons. The van der Waals surface area contributed by atoms with Gasteiger partial charge in [-0.15, -0.1) is 0 Å². The van der Waals surface area contributed by atoms with E-state index in [0.717, 1.165) is 43.4 Å². The van der Waals surface area contributed by atoms with Gasteiger partial charge in [0.05, 0.1) is 11.9 Å². The SMILES string of the molecule is Cc1cnn(C)c1C1(C(=O)O)CCCCC1. The van der Waals surface area contributed by atoms with Gasteiger partial charge in [-0.3, -0.25) is 9.48 Å². The number of rotatable bonds is 2. The monoisotopic (exact) mass is 222 g/mol. The van der Waals surface area contributed by atoms with Crippen molar-refractivity contribution in [3.05, 3.63) is 17.5 Å². The molecule has 1 saturated carbocycles. The first-order valence-corrected chi connectivity index (χ1v) is 5.80. The van der Waals surface area contributed by atoms with Crippen molar-refractivity contribution in [3.63, 3.8) is 0 Å². The number of hydrogen-bond donors (Lipinski definition) is 1. The Balaban J connectivity index is 2.51. The van der Waals surface area contributed by atoms with Gasteiger partial charge in [0.1, 0.15) is 5.41 Å². The number of carbonyl (C=O) groups is 1. The third-order valence-corrected chi connectivity index (χ3v) is 3.69. The summed E-state index contributed by atoms with van der Waals surface area (Å²) in [5.41, 5.74) is 1.18. The van der Waals surface area contributed by atoms with Crippen LogP contribution in [0.5, 0.6) is 0 Å². The third kappa shape index (κ3) is 1.52. The van der Waals surface area contributed by atoms with Gasteiger partial charge >= 0.3 is 5.97 Å². The molecule has 1 aromatic rings. The lowest BCUT2D eigenvalue weighted by Gasteiger charge is -2.33. The van der Waals surface area contributed by atoms with E-state index in [-0.39, 0.29) is 0 Å². The minimum absolute atomic E-state index is 0.695. The van der Waals surface area contributed by atoms with Crippen molar-refractivity contribution in [1.29, 1.82) is 0 Å². The van der Waals surface area contributed by atoms with E-state index in [0.29, 0.717) is 0 Å². The first-order valence-electron chi connectivity index (χ1n) is 5.80. The predicted octanol–water partition coefficient (Wildman–Crippen LogP) is 2.02. The predicted molar refractivity (Wildman–Crippen MR) is 60.3 cm³/mol. The van der Waals surface area contributed by atoms with Crippen molar-refractivity contribution in [2.75, 3.05) is 0 Å². The van der Waals surface area contributed by atoms with Crippen molar-refractivity contribution in [3.8, 4) is 0 Å². The van der Waals surface area contributed by atoms with E-state index in [1.54, 1.807) is 10.9 Å². The number of carboxylic acid groups (broad SMARTS) is 1. The van der Waals surface area contributed by atoms with E-state index in [4.69, 9.17) is 0 Å². The Bertz CT molecular complexity index is 384. The van der Waals surface area contributed by atoms with E-state index in [9.17, 15) is 9.90 Å². The van der Waals surface area contributed by atoms with E-state index in [1.165, 1.54) is 0 Å². The highest BCUT2D eigenvalue weighted by Gasteiger charge is 2.44. The Morgan fingerprint density at radius 3 is 2.50 bits per heavy atom. The largest absolute Gasteiger partial charge is 0.481 e. The normalized spacial score (nSPS) is 19.6. The summed E-state index contributed by atoms with van der Waals surface area (Å²) in [6, 6.07) is 0. The molecule has 4 heteroatoms. The standard InChI is InChI=1S/C12H18N2O2/c1-9-8-13-14(2)10(9)12(11(15)16)6-4-3-5-7-12/h8H,3-7H2,1-2H3,(H,15,16). The molecule has 0 unspecified atom stereocenters. The topological polar surface area (TPSA) is 55.1 Å². The van der Waals surface area contributed by atoms with Crippen molar-refractivity contribution < 1.29 is 9.90 Å².